The van der Waals surface area contributed by atoms with E-state index in [-0.39, 0.29) is 12.1 Å². The fourth-order valence-corrected chi connectivity index (χ4v) is 2.43. The van der Waals surface area contributed by atoms with Crippen LogP contribution in [-0.4, -0.2) is 53.2 Å². The summed E-state index contributed by atoms with van der Waals surface area (Å²) >= 11 is 1.63. The second kappa shape index (κ2) is 8.69. The molecule has 116 valence electrons. The molecule has 0 aliphatic rings. The fourth-order valence-electron chi connectivity index (χ4n) is 1.67. The monoisotopic (exact) mass is 302 g/mol. The van der Waals surface area contributed by atoms with Gasteiger partial charge in [0.05, 0.1) is 37.1 Å². The Morgan fingerprint density at radius 1 is 1.55 bits per heavy atom. The third kappa shape index (κ3) is 5.85. The lowest BCUT2D eigenvalue weighted by Crippen LogP contribution is -2.48. The molecule has 5 nitrogen and oxygen atoms in total. The van der Waals surface area contributed by atoms with Crippen molar-refractivity contribution in [1.82, 2.24) is 10.3 Å². The zero-order valence-electron chi connectivity index (χ0n) is 12.6. The van der Waals surface area contributed by atoms with E-state index in [1.807, 2.05) is 26.3 Å². The quantitative estimate of drug-likeness (QED) is 0.565. The second-order valence-corrected chi connectivity index (χ2v) is 6.23. The third-order valence-electron chi connectivity index (χ3n) is 3.52. The Balaban J connectivity index is 2.14. The van der Waals surface area contributed by atoms with Gasteiger partial charge in [0.15, 0.2) is 0 Å². The van der Waals surface area contributed by atoms with Gasteiger partial charge in [-0.1, -0.05) is 6.92 Å². The summed E-state index contributed by atoms with van der Waals surface area (Å²) in [6, 6.07) is 0. The zero-order valence-corrected chi connectivity index (χ0v) is 13.4. The molecular formula is C14H26N2O3S. The number of aliphatic hydroxyl groups excluding tert-OH is 2. The number of aryl methyl sites for hydroxylation is 1. The summed E-state index contributed by atoms with van der Waals surface area (Å²) in [5, 5.41) is 22.3. The minimum atomic E-state index is -0.560. The number of thiazole rings is 1. The van der Waals surface area contributed by atoms with Gasteiger partial charge in [-0.15, -0.1) is 11.3 Å². The van der Waals surface area contributed by atoms with Crippen molar-refractivity contribution in [2.24, 2.45) is 0 Å². The molecule has 0 saturated heterocycles. The molecule has 0 amide bonds. The van der Waals surface area contributed by atoms with Gasteiger partial charge in [-0.3, -0.25) is 0 Å². The molecule has 20 heavy (non-hydrogen) atoms. The normalized spacial score (nSPS) is 16.1. The van der Waals surface area contributed by atoms with Gasteiger partial charge in [-0.05, 0) is 20.3 Å². The van der Waals surface area contributed by atoms with E-state index in [9.17, 15) is 10.2 Å². The zero-order chi connectivity index (χ0) is 15.0. The topological polar surface area (TPSA) is 74.6 Å². The smallest absolute Gasteiger partial charge is 0.0897 e. The van der Waals surface area contributed by atoms with E-state index in [4.69, 9.17) is 4.74 Å². The minimum Gasteiger partial charge on any atom is -0.394 e. The van der Waals surface area contributed by atoms with Crippen molar-refractivity contribution in [2.45, 2.75) is 45.3 Å². The molecule has 0 fully saturated rings. The van der Waals surface area contributed by atoms with Crippen LogP contribution in [0.1, 0.15) is 30.8 Å². The summed E-state index contributed by atoms with van der Waals surface area (Å²) in [6.45, 7) is 7.30. The van der Waals surface area contributed by atoms with Crippen LogP contribution in [0.4, 0.5) is 0 Å². The van der Waals surface area contributed by atoms with Crippen LogP contribution in [0.2, 0.25) is 0 Å². The van der Waals surface area contributed by atoms with Gasteiger partial charge in [0.25, 0.3) is 0 Å². The highest BCUT2D eigenvalue weighted by molar-refractivity contribution is 7.09. The highest BCUT2D eigenvalue weighted by Gasteiger charge is 2.21. The largest absolute Gasteiger partial charge is 0.394 e. The van der Waals surface area contributed by atoms with Gasteiger partial charge in [-0.25, -0.2) is 4.98 Å². The lowest BCUT2D eigenvalue weighted by molar-refractivity contribution is 0.0312. The number of hydrogen-bond donors (Lipinski definition) is 3. The van der Waals surface area contributed by atoms with Crippen molar-refractivity contribution in [3.8, 4) is 0 Å². The Bertz CT molecular complexity index is 380. The minimum absolute atomic E-state index is 0.0573. The van der Waals surface area contributed by atoms with Crippen LogP contribution < -0.4 is 5.32 Å². The number of nitrogens with zero attached hydrogens (tertiary/aromatic N) is 1. The van der Waals surface area contributed by atoms with Crippen molar-refractivity contribution in [3.05, 3.63) is 16.1 Å². The van der Waals surface area contributed by atoms with Crippen molar-refractivity contribution >= 4 is 11.3 Å². The Hall–Kier alpha value is -0.530. The van der Waals surface area contributed by atoms with Crippen molar-refractivity contribution < 1.29 is 14.9 Å². The highest BCUT2D eigenvalue weighted by Crippen LogP contribution is 2.12. The number of ether oxygens (including phenoxy) is 1. The molecule has 1 aromatic heterocycles. The molecule has 1 rings (SSSR count). The number of aromatic nitrogens is 1. The summed E-state index contributed by atoms with van der Waals surface area (Å²) in [4.78, 5) is 5.42. The van der Waals surface area contributed by atoms with Crippen LogP contribution in [0, 0.1) is 6.92 Å². The number of hydrogen-bond acceptors (Lipinski definition) is 6. The maximum Gasteiger partial charge on any atom is 0.0897 e. The van der Waals surface area contributed by atoms with E-state index < -0.39 is 6.10 Å². The third-order valence-corrected chi connectivity index (χ3v) is 4.52. The van der Waals surface area contributed by atoms with Crippen LogP contribution in [0.3, 0.4) is 0 Å². The number of aliphatic hydroxyl groups is 2. The van der Waals surface area contributed by atoms with Gasteiger partial charge in [0, 0.05) is 23.4 Å². The molecule has 0 saturated carbocycles. The molecule has 1 heterocycles. The van der Waals surface area contributed by atoms with Gasteiger partial charge < -0.3 is 20.3 Å². The summed E-state index contributed by atoms with van der Waals surface area (Å²) in [5.41, 5.74) is 2.56. The van der Waals surface area contributed by atoms with Gasteiger partial charge >= 0.3 is 0 Å². The van der Waals surface area contributed by atoms with E-state index in [1.165, 1.54) is 4.88 Å². The van der Waals surface area contributed by atoms with E-state index in [1.54, 1.807) is 11.3 Å². The lowest BCUT2D eigenvalue weighted by Gasteiger charge is -2.28. The standard InChI is InChI=1S/C14H26N2O3S/c1-4-14(3,9-17)16-7-12(18)8-19-6-5-13-11(2)15-10-20-13/h10,12,16-18H,4-9H2,1-3H3. The van der Waals surface area contributed by atoms with E-state index in [0.29, 0.717) is 19.8 Å². The maximum absolute atomic E-state index is 9.84. The summed E-state index contributed by atoms with van der Waals surface area (Å²) in [7, 11) is 0. The molecule has 0 aliphatic heterocycles. The second-order valence-electron chi connectivity index (χ2n) is 5.29. The van der Waals surface area contributed by atoms with Crippen LogP contribution in [0.15, 0.2) is 5.51 Å². The van der Waals surface area contributed by atoms with Gasteiger partial charge in [0.1, 0.15) is 0 Å². The van der Waals surface area contributed by atoms with Crippen LogP contribution in [0.5, 0.6) is 0 Å². The summed E-state index contributed by atoms with van der Waals surface area (Å²) < 4.78 is 5.48. The Labute approximate surface area is 125 Å². The molecule has 0 spiro atoms. The Kier molecular flexibility index (Phi) is 7.61. The molecule has 2 unspecified atom stereocenters. The summed E-state index contributed by atoms with van der Waals surface area (Å²) in [6.07, 6.45) is 1.08. The first-order valence-electron chi connectivity index (χ1n) is 7.01. The average Bonchev–Trinajstić information content (AvgIpc) is 2.86. The Morgan fingerprint density at radius 2 is 2.30 bits per heavy atom. The Morgan fingerprint density at radius 3 is 2.85 bits per heavy atom. The molecule has 1 aromatic rings. The number of β-amino-alcohol motifs (C(OH)–C–C–N with tert-alkyl or cyclic N) is 1. The first kappa shape index (κ1) is 17.5. The molecule has 0 aromatic carbocycles. The van der Waals surface area contributed by atoms with E-state index in [2.05, 4.69) is 10.3 Å². The molecule has 0 aliphatic carbocycles. The highest BCUT2D eigenvalue weighted by atomic mass is 32.1. The van der Waals surface area contributed by atoms with Crippen molar-refractivity contribution in [2.75, 3.05) is 26.4 Å². The predicted octanol–water partition coefficient (Wildman–Crippen LogP) is 1.12. The molecule has 0 bridgehead atoms. The van der Waals surface area contributed by atoms with E-state index >= 15 is 0 Å². The maximum atomic E-state index is 9.84. The van der Waals surface area contributed by atoms with Crippen molar-refractivity contribution in [3.63, 3.8) is 0 Å². The number of rotatable bonds is 10. The first-order valence-corrected chi connectivity index (χ1v) is 7.89. The van der Waals surface area contributed by atoms with Crippen LogP contribution >= 0.6 is 11.3 Å². The molecule has 0 radical (unpaired) electrons. The van der Waals surface area contributed by atoms with Crippen LogP contribution in [0.25, 0.3) is 0 Å². The van der Waals surface area contributed by atoms with E-state index in [0.717, 1.165) is 18.5 Å². The lowest BCUT2D eigenvalue weighted by atomic mass is 10.0. The average molecular weight is 302 g/mol. The molecule has 3 N–H and O–H groups in total. The molecule has 2 atom stereocenters. The molecular weight excluding hydrogens is 276 g/mol. The first-order chi connectivity index (χ1) is 9.50. The van der Waals surface area contributed by atoms with Gasteiger partial charge in [-0.2, -0.15) is 0 Å². The van der Waals surface area contributed by atoms with Gasteiger partial charge in [0.2, 0.25) is 0 Å². The SMILES string of the molecule is CCC(C)(CO)NCC(O)COCCc1scnc1C. The summed E-state index contributed by atoms with van der Waals surface area (Å²) in [5.74, 6) is 0. The fraction of sp³-hybridized carbons (Fsp3) is 0.786. The number of nitrogens with one attached hydrogen (secondary N) is 1. The van der Waals surface area contributed by atoms with Crippen LogP contribution in [-0.2, 0) is 11.2 Å². The molecule has 6 heteroatoms. The predicted molar refractivity (Wildman–Crippen MR) is 81.2 cm³/mol. The van der Waals surface area contributed by atoms with Crippen molar-refractivity contribution in [1.29, 1.82) is 0 Å².